The van der Waals surface area contributed by atoms with Gasteiger partial charge in [-0.25, -0.2) is 8.78 Å². The van der Waals surface area contributed by atoms with Crippen molar-refractivity contribution >= 4 is 0 Å². The summed E-state index contributed by atoms with van der Waals surface area (Å²) < 4.78 is 26.8. The van der Waals surface area contributed by atoms with Crippen LogP contribution in [0.5, 0.6) is 5.75 Å². The molecule has 0 aromatic heterocycles. The maximum atomic E-state index is 13.7. The predicted molar refractivity (Wildman–Crippen MR) is 58.2 cm³/mol. The number of hydrogen-bond donors (Lipinski definition) is 1. The predicted octanol–water partition coefficient (Wildman–Crippen LogP) is 3.65. The van der Waals surface area contributed by atoms with Crippen LogP contribution < -0.4 is 0 Å². The van der Waals surface area contributed by atoms with Gasteiger partial charge >= 0.3 is 0 Å². The highest BCUT2D eigenvalue weighted by Crippen LogP contribution is 2.27. The molecule has 0 fully saturated rings. The summed E-state index contributed by atoms with van der Waals surface area (Å²) in [4.78, 5) is 0. The van der Waals surface area contributed by atoms with E-state index >= 15 is 0 Å². The van der Waals surface area contributed by atoms with Crippen LogP contribution in [0.3, 0.4) is 0 Å². The van der Waals surface area contributed by atoms with Gasteiger partial charge < -0.3 is 5.11 Å². The Morgan fingerprint density at radius 2 is 1.56 bits per heavy atom. The smallest absolute Gasteiger partial charge is 0.136 e. The molecule has 0 heterocycles. The Morgan fingerprint density at radius 3 is 2.19 bits per heavy atom. The Labute approximate surface area is 92.0 Å². The minimum absolute atomic E-state index is 0.00516. The lowest BCUT2D eigenvalue weighted by Crippen LogP contribution is -1.92. The summed E-state index contributed by atoms with van der Waals surface area (Å²) in [6, 6.07) is 8.74. The van der Waals surface area contributed by atoms with Crippen molar-refractivity contribution in [2.45, 2.75) is 6.92 Å². The molecular weight excluding hydrogens is 210 g/mol. The molecule has 16 heavy (non-hydrogen) atoms. The average Bonchev–Trinajstić information content (AvgIpc) is 2.28. The van der Waals surface area contributed by atoms with Crippen LogP contribution in [0.25, 0.3) is 11.1 Å². The van der Waals surface area contributed by atoms with E-state index in [-0.39, 0.29) is 11.3 Å². The third-order valence-electron chi connectivity index (χ3n) is 2.50. The molecule has 0 aliphatic rings. The highest BCUT2D eigenvalue weighted by molar-refractivity contribution is 5.65. The summed E-state index contributed by atoms with van der Waals surface area (Å²) in [7, 11) is 0. The number of aromatic hydroxyl groups is 1. The summed E-state index contributed by atoms with van der Waals surface area (Å²) in [5, 5.41) is 9.12. The van der Waals surface area contributed by atoms with Crippen molar-refractivity contribution in [2.24, 2.45) is 0 Å². The third kappa shape index (κ3) is 1.76. The van der Waals surface area contributed by atoms with Crippen LogP contribution in [0.2, 0.25) is 0 Å². The first-order chi connectivity index (χ1) is 7.59. The molecule has 0 bridgehead atoms. The quantitative estimate of drug-likeness (QED) is 0.777. The molecule has 2 rings (SSSR count). The van der Waals surface area contributed by atoms with E-state index in [2.05, 4.69) is 0 Å². The van der Waals surface area contributed by atoms with Gasteiger partial charge in [-0.1, -0.05) is 12.1 Å². The molecule has 2 aromatic rings. The van der Waals surface area contributed by atoms with E-state index in [1.165, 1.54) is 31.2 Å². The molecule has 2 aromatic carbocycles. The standard InChI is InChI=1S/C13H10F2O/c1-8-12(14)7-6-11(13(8)15)9-2-4-10(16)5-3-9/h2-7,16H,1H3. The Balaban J connectivity index is 2.57. The topological polar surface area (TPSA) is 20.2 Å². The lowest BCUT2D eigenvalue weighted by Gasteiger charge is -2.06. The molecule has 1 nitrogen and oxygen atoms in total. The SMILES string of the molecule is Cc1c(F)ccc(-c2ccc(O)cc2)c1F. The van der Waals surface area contributed by atoms with Gasteiger partial charge in [-0.05, 0) is 36.8 Å². The van der Waals surface area contributed by atoms with Gasteiger partial charge in [0.2, 0.25) is 0 Å². The first kappa shape index (κ1) is 10.6. The van der Waals surface area contributed by atoms with Gasteiger partial charge in [0.25, 0.3) is 0 Å². The fraction of sp³-hybridized carbons (Fsp3) is 0.0769. The molecule has 0 saturated heterocycles. The second-order valence-corrected chi connectivity index (χ2v) is 3.58. The van der Waals surface area contributed by atoms with Crippen molar-refractivity contribution in [3.8, 4) is 16.9 Å². The summed E-state index contributed by atoms with van der Waals surface area (Å²) in [5.41, 5.74) is 0.947. The largest absolute Gasteiger partial charge is 0.508 e. The second-order valence-electron chi connectivity index (χ2n) is 3.58. The lowest BCUT2D eigenvalue weighted by molar-refractivity contribution is 0.475. The van der Waals surface area contributed by atoms with Gasteiger partial charge in [-0.15, -0.1) is 0 Å². The van der Waals surface area contributed by atoms with E-state index in [0.29, 0.717) is 11.1 Å². The van der Waals surface area contributed by atoms with Crippen molar-refractivity contribution in [2.75, 3.05) is 0 Å². The molecule has 0 saturated carbocycles. The maximum Gasteiger partial charge on any atom is 0.136 e. The van der Waals surface area contributed by atoms with Crippen molar-refractivity contribution in [1.29, 1.82) is 0 Å². The monoisotopic (exact) mass is 220 g/mol. The average molecular weight is 220 g/mol. The fourth-order valence-electron chi connectivity index (χ4n) is 1.53. The Hall–Kier alpha value is -1.90. The van der Waals surface area contributed by atoms with Gasteiger partial charge in [0.1, 0.15) is 17.4 Å². The van der Waals surface area contributed by atoms with Gasteiger partial charge in [0.05, 0.1) is 0 Å². The third-order valence-corrected chi connectivity index (χ3v) is 2.50. The number of phenols is 1. The van der Waals surface area contributed by atoms with Crippen molar-refractivity contribution in [3.05, 3.63) is 53.6 Å². The Bertz CT molecular complexity index is 518. The first-order valence-corrected chi connectivity index (χ1v) is 4.83. The van der Waals surface area contributed by atoms with E-state index in [1.807, 2.05) is 0 Å². The van der Waals surface area contributed by atoms with Crippen LogP contribution in [0.4, 0.5) is 8.78 Å². The number of rotatable bonds is 1. The highest BCUT2D eigenvalue weighted by atomic mass is 19.1. The summed E-state index contributed by atoms with van der Waals surface area (Å²) in [6.45, 7) is 1.40. The zero-order chi connectivity index (χ0) is 11.7. The Kier molecular flexibility index (Phi) is 2.60. The minimum atomic E-state index is -0.564. The molecule has 0 unspecified atom stereocenters. The van der Waals surface area contributed by atoms with Crippen LogP contribution in [0.1, 0.15) is 5.56 Å². The van der Waals surface area contributed by atoms with Crippen molar-refractivity contribution in [3.63, 3.8) is 0 Å². The van der Waals surface area contributed by atoms with Crippen LogP contribution in [-0.2, 0) is 0 Å². The van der Waals surface area contributed by atoms with E-state index < -0.39 is 11.6 Å². The van der Waals surface area contributed by atoms with Gasteiger partial charge in [0.15, 0.2) is 0 Å². The van der Waals surface area contributed by atoms with Crippen LogP contribution in [0.15, 0.2) is 36.4 Å². The van der Waals surface area contributed by atoms with Crippen LogP contribution in [0, 0.1) is 18.6 Å². The number of phenolic OH excluding ortho intramolecular Hbond substituents is 1. The maximum absolute atomic E-state index is 13.7. The zero-order valence-corrected chi connectivity index (χ0v) is 8.67. The molecule has 3 heteroatoms. The Morgan fingerprint density at radius 1 is 0.938 bits per heavy atom. The zero-order valence-electron chi connectivity index (χ0n) is 8.67. The molecular formula is C13H10F2O. The molecule has 1 N–H and O–H groups in total. The van der Waals surface area contributed by atoms with Crippen molar-refractivity contribution in [1.82, 2.24) is 0 Å². The number of hydrogen-bond acceptors (Lipinski definition) is 1. The summed E-state index contributed by atoms with van der Waals surface area (Å²) in [6.07, 6.45) is 0. The molecule has 0 aliphatic carbocycles. The molecule has 0 amide bonds. The van der Waals surface area contributed by atoms with E-state index in [1.54, 1.807) is 12.1 Å². The van der Waals surface area contributed by atoms with Crippen LogP contribution >= 0.6 is 0 Å². The molecule has 0 aliphatic heterocycles. The normalized spacial score (nSPS) is 10.4. The summed E-state index contributed by atoms with van der Waals surface area (Å²) >= 11 is 0. The molecule has 0 radical (unpaired) electrons. The number of benzene rings is 2. The van der Waals surface area contributed by atoms with Gasteiger partial charge in [-0.3, -0.25) is 0 Å². The summed E-state index contributed by atoms with van der Waals surface area (Å²) in [5.74, 6) is -1.01. The van der Waals surface area contributed by atoms with Crippen molar-refractivity contribution < 1.29 is 13.9 Å². The highest BCUT2D eigenvalue weighted by Gasteiger charge is 2.10. The fourth-order valence-corrected chi connectivity index (χ4v) is 1.53. The molecule has 82 valence electrons. The van der Waals surface area contributed by atoms with Gasteiger partial charge in [-0.2, -0.15) is 0 Å². The molecule has 0 atom stereocenters. The lowest BCUT2D eigenvalue weighted by atomic mass is 10.0. The number of halogens is 2. The minimum Gasteiger partial charge on any atom is -0.508 e. The van der Waals surface area contributed by atoms with E-state index in [4.69, 9.17) is 5.11 Å². The first-order valence-electron chi connectivity index (χ1n) is 4.83. The molecule has 0 spiro atoms. The van der Waals surface area contributed by atoms with Gasteiger partial charge in [0, 0.05) is 11.1 Å². The van der Waals surface area contributed by atoms with Crippen LogP contribution in [-0.4, -0.2) is 5.11 Å². The second kappa shape index (κ2) is 3.93. The van der Waals surface area contributed by atoms with E-state index in [9.17, 15) is 8.78 Å². The van der Waals surface area contributed by atoms with E-state index in [0.717, 1.165) is 0 Å².